The van der Waals surface area contributed by atoms with Crippen molar-refractivity contribution in [3.05, 3.63) is 36.0 Å². The summed E-state index contributed by atoms with van der Waals surface area (Å²) in [6, 6.07) is 6.90. The van der Waals surface area contributed by atoms with E-state index >= 15 is 0 Å². The maximum absolute atomic E-state index is 12.5. The van der Waals surface area contributed by atoms with Crippen molar-refractivity contribution in [1.82, 2.24) is 15.2 Å². The summed E-state index contributed by atoms with van der Waals surface area (Å²) in [4.78, 5) is 29.7. The maximum atomic E-state index is 12.5. The number of aromatic nitrogens is 1. The number of carbonyl (C=O) groups is 2. The van der Waals surface area contributed by atoms with Crippen LogP contribution in [0.2, 0.25) is 0 Å². The highest BCUT2D eigenvalue weighted by atomic mass is 32.2. The molecule has 0 saturated carbocycles. The second kappa shape index (κ2) is 6.44. The lowest BCUT2D eigenvalue weighted by Gasteiger charge is -2.29. The van der Waals surface area contributed by atoms with Crippen LogP contribution >= 0.6 is 11.8 Å². The first kappa shape index (κ1) is 15.0. The molecule has 2 N–H and O–H groups in total. The van der Waals surface area contributed by atoms with E-state index in [1.54, 1.807) is 19.2 Å². The third kappa shape index (κ3) is 2.97. The third-order valence-corrected chi connectivity index (χ3v) is 4.82. The fourth-order valence-electron chi connectivity index (χ4n) is 2.68. The molecule has 0 spiro atoms. The van der Waals surface area contributed by atoms with Crippen LogP contribution in [0, 0.1) is 0 Å². The van der Waals surface area contributed by atoms with Crippen molar-refractivity contribution >= 4 is 34.5 Å². The van der Waals surface area contributed by atoms with Crippen LogP contribution in [0.15, 0.2) is 30.5 Å². The molecular formula is C16H19N3O2S. The van der Waals surface area contributed by atoms with E-state index in [9.17, 15) is 9.59 Å². The molecule has 1 saturated heterocycles. The SMILES string of the molecule is C[C@H](NC(=O)c1cccc2[nH]ccc12)C(=O)N1CCSCC1. The lowest BCUT2D eigenvalue weighted by atomic mass is 10.1. The Morgan fingerprint density at radius 2 is 2.05 bits per heavy atom. The summed E-state index contributed by atoms with van der Waals surface area (Å²) in [6.45, 7) is 3.27. The molecule has 0 radical (unpaired) electrons. The van der Waals surface area contributed by atoms with Gasteiger partial charge >= 0.3 is 0 Å². The standard InChI is InChI=1S/C16H19N3O2S/c1-11(16(21)19-7-9-22-10-8-19)18-15(20)13-3-2-4-14-12(13)5-6-17-14/h2-6,11,17H,7-10H2,1H3,(H,18,20)/t11-/m0/s1. The van der Waals surface area contributed by atoms with Gasteiger partial charge in [-0.1, -0.05) is 6.07 Å². The van der Waals surface area contributed by atoms with Crippen LogP contribution in [0.3, 0.4) is 0 Å². The largest absolute Gasteiger partial charge is 0.361 e. The number of thioether (sulfide) groups is 1. The van der Waals surface area contributed by atoms with E-state index in [-0.39, 0.29) is 11.8 Å². The number of rotatable bonds is 3. The normalized spacial score (nSPS) is 16.5. The van der Waals surface area contributed by atoms with Gasteiger partial charge in [-0.05, 0) is 25.1 Å². The second-order valence-electron chi connectivity index (χ2n) is 5.38. The number of fused-ring (bicyclic) bond motifs is 1. The van der Waals surface area contributed by atoms with E-state index in [1.165, 1.54) is 0 Å². The predicted octanol–water partition coefficient (Wildman–Crippen LogP) is 1.86. The molecule has 1 aromatic carbocycles. The smallest absolute Gasteiger partial charge is 0.252 e. The quantitative estimate of drug-likeness (QED) is 0.908. The molecule has 1 aliphatic rings. The Kier molecular flexibility index (Phi) is 4.38. The Bertz CT molecular complexity index is 692. The third-order valence-electron chi connectivity index (χ3n) is 3.88. The van der Waals surface area contributed by atoms with Gasteiger partial charge in [-0.2, -0.15) is 11.8 Å². The Labute approximate surface area is 133 Å². The van der Waals surface area contributed by atoms with Crippen LogP contribution in [0.25, 0.3) is 10.9 Å². The number of nitrogens with zero attached hydrogens (tertiary/aromatic N) is 1. The van der Waals surface area contributed by atoms with Crippen LogP contribution < -0.4 is 5.32 Å². The van der Waals surface area contributed by atoms with E-state index in [0.29, 0.717) is 5.56 Å². The summed E-state index contributed by atoms with van der Waals surface area (Å²) in [5.41, 5.74) is 1.51. The zero-order chi connectivity index (χ0) is 15.5. The monoisotopic (exact) mass is 317 g/mol. The fourth-order valence-corrected chi connectivity index (χ4v) is 3.58. The first-order valence-electron chi connectivity index (χ1n) is 7.40. The number of hydrogen-bond donors (Lipinski definition) is 2. The molecule has 3 rings (SSSR count). The van der Waals surface area contributed by atoms with Crippen molar-refractivity contribution in [2.75, 3.05) is 24.6 Å². The Hall–Kier alpha value is -1.95. The maximum Gasteiger partial charge on any atom is 0.252 e. The Morgan fingerprint density at radius 3 is 2.82 bits per heavy atom. The fraction of sp³-hybridized carbons (Fsp3) is 0.375. The molecule has 22 heavy (non-hydrogen) atoms. The molecule has 6 heteroatoms. The molecule has 0 bridgehead atoms. The summed E-state index contributed by atoms with van der Waals surface area (Å²) in [5, 5.41) is 3.69. The van der Waals surface area contributed by atoms with Gasteiger partial charge in [-0.25, -0.2) is 0 Å². The second-order valence-corrected chi connectivity index (χ2v) is 6.60. The van der Waals surface area contributed by atoms with E-state index in [0.717, 1.165) is 35.5 Å². The minimum absolute atomic E-state index is 0.00473. The van der Waals surface area contributed by atoms with Crippen molar-refractivity contribution in [1.29, 1.82) is 0 Å². The van der Waals surface area contributed by atoms with Gasteiger partial charge in [0.25, 0.3) is 5.91 Å². The van der Waals surface area contributed by atoms with Crippen LogP contribution in [0.5, 0.6) is 0 Å². The summed E-state index contributed by atoms with van der Waals surface area (Å²) in [5.74, 6) is 1.72. The highest BCUT2D eigenvalue weighted by Crippen LogP contribution is 2.17. The van der Waals surface area contributed by atoms with Crippen LogP contribution in [-0.2, 0) is 4.79 Å². The first-order valence-corrected chi connectivity index (χ1v) is 8.56. The molecule has 2 aromatic rings. The summed E-state index contributed by atoms with van der Waals surface area (Å²) >= 11 is 1.86. The van der Waals surface area contributed by atoms with Crippen molar-refractivity contribution in [3.63, 3.8) is 0 Å². The number of amides is 2. The minimum Gasteiger partial charge on any atom is -0.361 e. The zero-order valence-electron chi connectivity index (χ0n) is 12.5. The van der Waals surface area contributed by atoms with Crippen LogP contribution in [-0.4, -0.2) is 52.3 Å². The Balaban J connectivity index is 1.70. The highest BCUT2D eigenvalue weighted by molar-refractivity contribution is 7.99. The number of aromatic amines is 1. The summed E-state index contributed by atoms with van der Waals surface area (Å²) in [7, 11) is 0. The Morgan fingerprint density at radius 1 is 1.27 bits per heavy atom. The molecule has 2 amide bonds. The molecule has 1 fully saturated rings. The van der Waals surface area contributed by atoms with Gasteiger partial charge < -0.3 is 15.2 Å². The number of H-pyrrole nitrogens is 1. The van der Waals surface area contributed by atoms with Crippen molar-refractivity contribution in [2.24, 2.45) is 0 Å². The van der Waals surface area contributed by atoms with Gasteiger partial charge in [0, 0.05) is 47.3 Å². The highest BCUT2D eigenvalue weighted by Gasteiger charge is 2.24. The number of hydrogen-bond acceptors (Lipinski definition) is 3. The lowest BCUT2D eigenvalue weighted by molar-refractivity contribution is -0.132. The summed E-state index contributed by atoms with van der Waals surface area (Å²) < 4.78 is 0. The molecule has 1 aromatic heterocycles. The zero-order valence-corrected chi connectivity index (χ0v) is 13.3. The number of nitrogens with one attached hydrogen (secondary N) is 2. The molecule has 0 unspecified atom stereocenters. The van der Waals surface area contributed by atoms with Gasteiger partial charge in [-0.3, -0.25) is 9.59 Å². The molecule has 5 nitrogen and oxygen atoms in total. The minimum atomic E-state index is -0.509. The average molecular weight is 317 g/mol. The lowest BCUT2D eigenvalue weighted by Crippen LogP contribution is -2.49. The van der Waals surface area contributed by atoms with Gasteiger partial charge in [0.2, 0.25) is 5.91 Å². The van der Waals surface area contributed by atoms with E-state index in [4.69, 9.17) is 0 Å². The van der Waals surface area contributed by atoms with Gasteiger partial charge in [0.05, 0.1) is 0 Å². The molecule has 1 atom stereocenters. The summed E-state index contributed by atoms with van der Waals surface area (Å²) in [6.07, 6.45) is 1.81. The molecule has 0 aliphatic carbocycles. The van der Waals surface area contributed by atoms with Gasteiger partial charge in [-0.15, -0.1) is 0 Å². The molecule has 1 aliphatic heterocycles. The van der Waals surface area contributed by atoms with Crippen LogP contribution in [0.4, 0.5) is 0 Å². The topological polar surface area (TPSA) is 65.2 Å². The van der Waals surface area contributed by atoms with Gasteiger partial charge in [0.15, 0.2) is 0 Å². The van der Waals surface area contributed by atoms with Crippen molar-refractivity contribution in [2.45, 2.75) is 13.0 Å². The molecule has 116 valence electrons. The van der Waals surface area contributed by atoms with Crippen LogP contribution in [0.1, 0.15) is 17.3 Å². The molecular weight excluding hydrogens is 298 g/mol. The molecule has 2 heterocycles. The van der Waals surface area contributed by atoms with E-state index in [1.807, 2.05) is 34.9 Å². The number of benzene rings is 1. The van der Waals surface area contributed by atoms with E-state index in [2.05, 4.69) is 10.3 Å². The van der Waals surface area contributed by atoms with E-state index < -0.39 is 6.04 Å². The first-order chi connectivity index (χ1) is 10.7. The predicted molar refractivity (Wildman–Crippen MR) is 89.1 cm³/mol. The van der Waals surface area contributed by atoms with Gasteiger partial charge in [0.1, 0.15) is 6.04 Å². The average Bonchev–Trinajstić information content (AvgIpc) is 3.03. The van der Waals surface area contributed by atoms with Crippen molar-refractivity contribution in [3.8, 4) is 0 Å². The number of carbonyl (C=O) groups excluding carboxylic acids is 2. The van der Waals surface area contributed by atoms with Crippen molar-refractivity contribution < 1.29 is 9.59 Å².